The number of nitrogens with one attached hydrogen (secondary N) is 1. The van der Waals surface area contributed by atoms with Gasteiger partial charge in [0.15, 0.2) is 0 Å². The molecule has 0 heterocycles. The molecule has 1 aromatic rings. The molecule has 5 heteroatoms. The number of nitro groups is 1. The number of benzene rings is 1. The number of hydrogen-bond donors (Lipinski definition) is 1. The topological polar surface area (TPSA) is 55.2 Å². The lowest BCUT2D eigenvalue weighted by atomic mass is 9.80. The Kier molecular flexibility index (Phi) is 4.02. The van der Waals surface area contributed by atoms with E-state index in [9.17, 15) is 14.5 Å². The Labute approximate surface area is 112 Å². The smallest absolute Gasteiger partial charge is 0.304 e. The Morgan fingerprint density at radius 2 is 1.89 bits per heavy atom. The third-order valence-electron chi connectivity index (χ3n) is 3.69. The van der Waals surface area contributed by atoms with Crippen LogP contribution in [0.1, 0.15) is 33.1 Å². The van der Waals surface area contributed by atoms with Crippen molar-refractivity contribution in [3.8, 4) is 0 Å². The maximum atomic E-state index is 13.5. The summed E-state index contributed by atoms with van der Waals surface area (Å²) in [6.45, 7) is 4.45. The van der Waals surface area contributed by atoms with E-state index in [2.05, 4.69) is 19.2 Å². The summed E-state index contributed by atoms with van der Waals surface area (Å²) >= 11 is 0. The highest BCUT2D eigenvalue weighted by Gasteiger charge is 2.24. The van der Waals surface area contributed by atoms with Crippen LogP contribution >= 0.6 is 0 Å². The van der Waals surface area contributed by atoms with Gasteiger partial charge >= 0.3 is 5.69 Å². The van der Waals surface area contributed by atoms with Crippen LogP contribution in [-0.2, 0) is 0 Å². The molecular weight excluding hydrogens is 247 g/mol. The van der Waals surface area contributed by atoms with Crippen molar-refractivity contribution in [2.24, 2.45) is 11.8 Å². The van der Waals surface area contributed by atoms with E-state index in [0.29, 0.717) is 23.6 Å². The van der Waals surface area contributed by atoms with Gasteiger partial charge in [-0.15, -0.1) is 0 Å². The third kappa shape index (κ3) is 3.43. The van der Waals surface area contributed by atoms with Crippen LogP contribution < -0.4 is 5.32 Å². The van der Waals surface area contributed by atoms with Crippen molar-refractivity contribution in [1.82, 2.24) is 0 Å². The van der Waals surface area contributed by atoms with Crippen LogP contribution in [0.25, 0.3) is 0 Å². The largest absolute Gasteiger partial charge is 0.382 e. The van der Waals surface area contributed by atoms with E-state index >= 15 is 0 Å². The predicted octanol–water partition coefficient (Wildman–Crippen LogP) is 3.97. The summed E-state index contributed by atoms with van der Waals surface area (Å²) in [5, 5.41) is 13.8. The van der Waals surface area contributed by atoms with E-state index in [1.54, 1.807) is 6.07 Å². The second-order valence-corrected chi connectivity index (χ2v) is 5.68. The van der Waals surface area contributed by atoms with Crippen LogP contribution in [0.3, 0.4) is 0 Å². The van der Waals surface area contributed by atoms with Gasteiger partial charge in [0.2, 0.25) is 5.82 Å². The average molecular weight is 266 g/mol. The summed E-state index contributed by atoms with van der Waals surface area (Å²) < 4.78 is 13.5. The van der Waals surface area contributed by atoms with Gasteiger partial charge < -0.3 is 5.32 Å². The Morgan fingerprint density at radius 1 is 1.26 bits per heavy atom. The summed E-state index contributed by atoms with van der Waals surface area (Å²) in [6, 6.07) is 4.32. The number of halogens is 1. The Balaban J connectivity index is 2.07. The van der Waals surface area contributed by atoms with Gasteiger partial charge in [0.25, 0.3) is 0 Å². The summed E-state index contributed by atoms with van der Waals surface area (Å²) in [4.78, 5) is 9.85. The van der Waals surface area contributed by atoms with Crippen LogP contribution in [-0.4, -0.2) is 11.0 Å². The molecule has 2 atom stereocenters. The number of nitro benzene ring substituents is 1. The first-order chi connectivity index (χ1) is 8.95. The fourth-order valence-corrected chi connectivity index (χ4v) is 3.05. The van der Waals surface area contributed by atoms with Crippen LogP contribution in [0.5, 0.6) is 0 Å². The second-order valence-electron chi connectivity index (χ2n) is 5.68. The molecule has 0 amide bonds. The molecule has 1 aliphatic carbocycles. The highest BCUT2D eigenvalue weighted by molar-refractivity contribution is 5.50. The number of nitrogens with zero attached hydrogens (tertiary/aromatic N) is 1. The van der Waals surface area contributed by atoms with Crippen molar-refractivity contribution in [3.63, 3.8) is 0 Å². The van der Waals surface area contributed by atoms with Crippen LogP contribution in [0, 0.1) is 27.8 Å². The van der Waals surface area contributed by atoms with Crippen LogP contribution in [0.2, 0.25) is 0 Å². The summed E-state index contributed by atoms with van der Waals surface area (Å²) in [5.74, 6) is 0.528. The monoisotopic (exact) mass is 266 g/mol. The number of rotatable bonds is 3. The van der Waals surface area contributed by atoms with Crippen molar-refractivity contribution in [1.29, 1.82) is 0 Å². The van der Waals surface area contributed by atoms with Crippen LogP contribution in [0.15, 0.2) is 18.2 Å². The molecule has 1 aliphatic rings. The Hall–Kier alpha value is -1.65. The molecule has 0 bridgehead atoms. The molecule has 1 N–H and O–H groups in total. The van der Waals surface area contributed by atoms with Gasteiger partial charge in [0.05, 0.1) is 4.92 Å². The van der Waals surface area contributed by atoms with Crippen molar-refractivity contribution >= 4 is 11.4 Å². The lowest BCUT2D eigenvalue weighted by Crippen LogP contribution is -2.30. The van der Waals surface area contributed by atoms with E-state index in [-0.39, 0.29) is 0 Å². The minimum Gasteiger partial charge on any atom is -0.382 e. The zero-order chi connectivity index (χ0) is 14.0. The lowest BCUT2D eigenvalue weighted by Gasteiger charge is -2.32. The van der Waals surface area contributed by atoms with Gasteiger partial charge in [-0.1, -0.05) is 13.8 Å². The maximum absolute atomic E-state index is 13.5. The molecule has 0 saturated heterocycles. The molecule has 2 rings (SSSR count). The van der Waals surface area contributed by atoms with E-state index in [4.69, 9.17) is 0 Å². The predicted molar refractivity (Wildman–Crippen MR) is 72.6 cm³/mol. The zero-order valence-electron chi connectivity index (χ0n) is 11.2. The Bertz CT molecular complexity index is 469. The number of anilines is 1. The van der Waals surface area contributed by atoms with Crippen molar-refractivity contribution in [2.45, 2.75) is 39.2 Å². The van der Waals surface area contributed by atoms with Crippen molar-refractivity contribution in [2.75, 3.05) is 5.32 Å². The zero-order valence-corrected chi connectivity index (χ0v) is 11.2. The SMILES string of the molecule is CC1CC(C)CC(Nc2ccc([N+](=O)[O-])c(F)c2)C1. The fourth-order valence-electron chi connectivity index (χ4n) is 3.05. The molecule has 0 radical (unpaired) electrons. The quantitative estimate of drug-likeness (QED) is 0.665. The van der Waals surface area contributed by atoms with Gasteiger partial charge in [-0.25, -0.2) is 0 Å². The molecule has 2 unspecified atom stereocenters. The van der Waals surface area contributed by atoms with Gasteiger partial charge in [0.1, 0.15) is 0 Å². The molecule has 1 saturated carbocycles. The Morgan fingerprint density at radius 3 is 2.42 bits per heavy atom. The maximum Gasteiger partial charge on any atom is 0.304 e. The van der Waals surface area contributed by atoms with Crippen LogP contribution in [0.4, 0.5) is 15.8 Å². The van der Waals surface area contributed by atoms with E-state index < -0.39 is 16.4 Å². The number of hydrogen-bond acceptors (Lipinski definition) is 3. The highest BCUT2D eigenvalue weighted by atomic mass is 19.1. The third-order valence-corrected chi connectivity index (χ3v) is 3.69. The first-order valence-electron chi connectivity index (χ1n) is 6.66. The first kappa shape index (κ1) is 13.8. The molecule has 104 valence electrons. The van der Waals surface area contributed by atoms with Crippen molar-refractivity contribution in [3.05, 3.63) is 34.1 Å². The van der Waals surface area contributed by atoms with E-state index in [1.807, 2.05) is 0 Å². The molecule has 19 heavy (non-hydrogen) atoms. The summed E-state index contributed by atoms with van der Waals surface area (Å²) in [7, 11) is 0. The molecular formula is C14H19FN2O2. The second kappa shape index (κ2) is 5.55. The molecule has 0 aliphatic heterocycles. The van der Waals surface area contributed by atoms with Gasteiger partial charge in [0, 0.05) is 23.9 Å². The average Bonchev–Trinajstić information content (AvgIpc) is 2.26. The van der Waals surface area contributed by atoms with E-state index in [1.165, 1.54) is 18.6 Å². The lowest BCUT2D eigenvalue weighted by molar-refractivity contribution is -0.387. The normalized spacial score (nSPS) is 27.0. The van der Waals surface area contributed by atoms with Gasteiger partial charge in [-0.2, -0.15) is 4.39 Å². The molecule has 1 fully saturated rings. The summed E-state index contributed by atoms with van der Waals surface area (Å²) in [6.07, 6.45) is 3.35. The molecule has 0 spiro atoms. The first-order valence-corrected chi connectivity index (χ1v) is 6.66. The minimum absolute atomic E-state index is 0.319. The van der Waals surface area contributed by atoms with E-state index in [0.717, 1.165) is 12.8 Å². The highest BCUT2D eigenvalue weighted by Crippen LogP contribution is 2.31. The van der Waals surface area contributed by atoms with Gasteiger partial charge in [-0.3, -0.25) is 10.1 Å². The van der Waals surface area contributed by atoms with Crippen molar-refractivity contribution < 1.29 is 9.31 Å². The standard InChI is InChI=1S/C14H19FN2O2/c1-9-5-10(2)7-12(6-9)16-11-3-4-14(17(18)19)13(15)8-11/h3-4,8-10,12,16H,5-7H2,1-2H3. The molecule has 0 aromatic heterocycles. The molecule has 4 nitrogen and oxygen atoms in total. The molecule has 1 aromatic carbocycles. The van der Waals surface area contributed by atoms with Gasteiger partial charge in [-0.05, 0) is 37.2 Å². The minimum atomic E-state index is -0.785. The fraction of sp³-hybridized carbons (Fsp3) is 0.571. The summed E-state index contributed by atoms with van der Waals surface area (Å²) in [5.41, 5.74) is 0.144.